The lowest BCUT2D eigenvalue weighted by Crippen LogP contribution is -1.79. The summed E-state index contributed by atoms with van der Waals surface area (Å²) in [4.78, 5) is 4.07. The Labute approximate surface area is 76.9 Å². The molecule has 2 aromatic heterocycles. The third kappa shape index (κ3) is 1.26. The highest BCUT2D eigenvalue weighted by Gasteiger charge is 1.97. The molecule has 0 radical (unpaired) electrons. The van der Waals surface area contributed by atoms with Crippen molar-refractivity contribution in [1.29, 1.82) is 0 Å². The second kappa shape index (κ2) is 2.50. The van der Waals surface area contributed by atoms with Crippen LogP contribution in [0.4, 0.5) is 0 Å². The molecule has 11 heavy (non-hydrogen) atoms. The van der Waals surface area contributed by atoms with E-state index in [2.05, 4.69) is 20.9 Å². The fourth-order valence-corrected chi connectivity index (χ4v) is 1.44. The standard InChI is InChI=1S/C7H4BrClN2/c8-5-1-2-11-4-6(9)10-7(11)3-5/h1-4H. The van der Waals surface area contributed by atoms with E-state index in [-0.39, 0.29) is 0 Å². The number of aromatic nitrogens is 2. The van der Waals surface area contributed by atoms with Gasteiger partial charge in [-0.1, -0.05) is 27.5 Å². The van der Waals surface area contributed by atoms with Gasteiger partial charge in [-0.25, -0.2) is 4.98 Å². The van der Waals surface area contributed by atoms with Gasteiger partial charge in [0.15, 0.2) is 0 Å². The molecule has 0 spiro atoms. The van der Waals surface area contributed by atoms with Gasteiger partial charge >= 0.3 is 0 Å². The van der Waals surface area contributed by atoms with Crippen LogP contribution >= 0.6 is 27.5 Å². The van der Waals surface area contributed by atoms with E-state index in [1.807, 2.05) is 22.7 Å². The van der Waals surface area contributed by atoms with Crippen LogP contribution in [-0.4, -0.2) is 9.38 Å². The lowest BCUT2D eigenvalue weighted by molar-refractivity contribution is 1.18. The van der Waals surface area contributed by atoms with E-state index < -0.39 is 0 Å². The number of rotatable bonds is 0. The molecule has 2 heterocycles. The lowest BCUT2D eigenvalue weighted by Gasteiger charge is -1.91. The van der Waals surface area contributed by atoms with E-state index >= 15 is 0 Å². The summed E-state index contributed by atoms with van der Waals surface area (Å²) in [6.07, 6.45) is 3.67. The van der Waals surface area contributed by atoms with Crippen LogP contribution in [0.25, 0.3) is 5.65 Å². The Balaban J connectivity index is 2.82. The minimum atomic E-state index is 0.517. The molecule has 0 fully saturated rings. The average Bonchev–Trinajstić information content (AvgIpc) is 2.27. The summed E-state index contributed by atoms with van der Waals surface area (Å²) in [5.74, 6) is 0. The number of pyridine rings is 1. The fraction of sp³-hybridized carbons (Fsp3) is 0. The fourth-order valence-electron chi connectivity index (χ4n) is 0.926. The van der Waals surface area contributed by atoms with E-state index in [0.29, 0.717) is 5.15 Å². The molecule has 0 saturated heterocycles. The highest BCUT2D eigenvalue weighted by Crippen LogP contribution is 2.14. The Kier molecular flexibility index (Phi) is 1.62. The number of hydrogen-bond acceptors (Lipinski definition) is 1. The second-order valence-electron chi connectivity index (χ2n) is 2.17. The van der Waals surface area contributed by atoms with Crippen LogP contribution in [0.2, 0.25) is 5.15 Å². The van der Waals surface area contributed by atoms with Crippen molar-refractivity contribution in [3.63, 3.8) is 0 Å². The van der Waals surface area contributed by atoms with E-state index in [0.717, 1.165) is 10.1 Å². The number of halogens is 2. The van der Waals surface area contributed by atoms with Crippen molar-refractivity contribution in [2.45, 2.75) is 0 Å². The molecule has 0 atom stereocenters. The second-order valence-corrected chi connectivity index (χ2v) is 3.48. The summed E-state index contributed by atoms with van der Waals surface area (Å²) in [7, 11) is 0. The summed E-state index contributed by atoms with van der Waals surface area (Å²) >= 11 is 9.03. The number of fused-ring (bicyclic) bond motifs is 1. The van der Waals surface area contributed by atoms with Gasteiger partial charge < -0.3 is 4.40 Å². The van der Waals surface area contributed by atoms with E-state index in [1.165, 1.54) is 0 Å². The zero-order chi connectivity index (χ0) is 7.84. The first-order chi connectivity index (χ1) is 5.25. The summed E-state index contributed by atoms with van der Waals surface area (Å²) < 4.78 is 2.87. The van der Waals surface area contributed by atoms with Gasteiger partial charge in [0.1, 0.15) is 10.8 Å². The normalized spacial score (nSPS) is 10.7. The predicted molar refractivity (Wildman–Crippen MR) is 47.9 cm³/mol. The molecule has 4 heteroatoms. The van der Waals surface area contributed by atoms with Gasteiger partial charge in [0, 0.05) is 16.9 Å². The van der Waals surface area contributed by atoms with Crippen LogP contribution in [0.1, 0.15) is 0 Å². The van der Waals surface area contributed by atoms with Crippen molar-refractivity contribution in [2.75, 3.05) is 0 Å². The average molecular weight is 231 g/mol. The van der Waals surface area contributed by atoms with Crippen LogP contribution in [0.15, 0.2) is 29.0 Å². The van der Waals surface area contributed by atoms with Gasteiger partial charge in [0.25, 0.3) is 0 Å². The first kappa shape index (κ1) is 7.13. The highest BCUT2D eigenvalue weighted by molar-refractivity contribution is 9.10. The molecule has 0 amide bonds. The zero-order valence-electron chi connectivity index (χ0n) is 5.46. The predicted octanol–water partition coefficient (Wildman–Crippen LogP) is 2.75. The maximum atomic E-state index is 5.69. The van der Waals surface area contributed by atoms with Crippen molar-refractivity contribution in [2.24, 2.45) is 0 Å². The van der Waals surface area contributed by atoms with Crippen molar-refractivity contribution >= 4 is 33.2 Å². The van der Waals surface area contributed by atoms with Gasteiger partial charge in [0.2, 0.25) is 0 Å². The summed E-state index contributed by atoms with van der Waals surface area (Å²) in [5, 5.41) is 0.517. The molecule has 2 nitrogen and oxygen atoms in total. The van der Waals surface area contributed by atoms with Crippen LogP contribution in [0.5, 0.6) is 0 Å². The van der Waals surface area contributed by atoms with Crippen LogP contribution in [0.3, 0.4) is 0 Å². The van der Waals surface area contributed by atoms with Gasteiger partial charge in [-0.2, -0.15) is 0 Å². The SMILES string of the molecule is Clc1cn2ccc(Br)cc2n1. The Morgan fingerprint density at radius 1 is 1.55 bits per heavy atom. The molecular formula is C7H4BrClN2. The monoisotopic (exact) mass is 230 g/mol. The molecule has 2 aromatic rings. The molecule has 0 aromatic carbocycles. The molecule has 56 valence electrons. The molecule has 2 rings (SSSR count). The Hall–Kier alpha value is -0.540. The summed E-state index contributed by atoms with van der Waals surface area (Å²) in [5.41, 5.74) is 0.851. The van der Waals surface area contributed by atoms with Gasteiger partial charge in [0.05, 0.1) is 0 Å². The molecule has 0 aliphatic rings. The van der Waals surface area contributed by atoms with Crippen molar-refractivity contribution in [1.82, 2.24) is 9.38 Å². The third-order valence-corrected chi connectivity index (χ3v) is 2.07. The molecule has 0 N–H and O–H groups in total. The quantitative estimate of drug-likeness (QED) is 0.681. The number of hydrogen-bond donors (Lipinski definition) is 0. The smallest absolute Gasteiger partial charge is 0.148 e. The minimum absolute atomic E-state index is 0.517. The van der Waals surface area contributed by atoms with E-state index in [4.69, 9.17) is 11.6 Å². The molecule has 0 saturated carbocycles. The largest absolute Gasteiger partial charge is 0.305 e. The Morgan fingerprint density at radius 2 is 2.36 bits per heavy atom. The van der Waals surface area contributed by atoms with Gasteiger partial charge in [-0.3, -0.25) is 0 Å². The van der Waals surface area contributed by atoms with Crippen LogP contribution in [0, 0.1) is 0 Å². The molecule has 0 aliphatic heterocycles. The molecular weight excluding hydrogens is 227 g/mol. The maximum absolute atomic E-state index is 5.69. The molecule has 0 aliphatic carbocycles. The van der Waals surface area contributed by atoms with Crippen molar-refractivity contribution < 1.29 is 0 Å². The summed E-state index contributed by atoms with van der Waals surface area (Å²) in [6.45, 7) is 0. The first-order valence-corrected chi connectivity index (χ1v) is 4.22. The van der Waals surface area contributed by atoms with Gasteiger partial charge in [-0.05, 0) is 12.1 Å². The zero-order valence-corrected chi connectivity index (χ0v) is 7.80. The van der Waals surface area contributed by atoms with E-state index in [9.17, 15) is 0 Å². The highest BCUT2D eigenvalue weighted by atomic mass is 79.9. The topological polar surface area (TPSA) is 17.3 Å². The maximum Gasteiger partial charge on any atom is 0.148 e. The molecule has 0 bridgehead atoms. The Bertz CT molecular complexity index is 396. The first-order valence-electron chi connectivity index (χ1n) is 3.05. The summed E-state index contributed by atoms with van der Waals surface area (Å²) in [6, 6.07) is 3.84. The Morgan fingerprint density at radius 3 is 3.18 bits per heavy atom. The van der Waals surface area contributed by atoms with Crippen molar-refractivity contribution in [3.05, 3.63) is 34.2 Å². The third-order valence-electron chi connectivity index (χ3n) is 1.39. The van der Waals surface area contributed by atoms with Crippen LogP contribution < -0.4 is 0 Å². The molecule has 0 unspecified atom stereocenters. The number of imidazole rings is 1. The van der Waals surface area contributed by atoms with Gasteiger partial charge in [-0.15, -0.1) is 0 Å². The lowest BCUT2D eigenvalue weighted by atomic mass is 10.5. The van der Waals surface area contributed by atoms with Crippen molar-refractivity contribution in [3.8, 4) is 0 Å². The number of nitrogens with zero attached hydrogens (tertiary/aromatic N) is 2. The minimum Gasteiger partial charge on any atom is -0.305 e. The van der Waals surface area contributed by atoms with Crippen LogP contribution in [-0.2, 0) is 0 Å². The van der Waals surface area contributed by atoms with E-state index in [1.54, 1.807) is 6.20 Å².